The Morgan fingerprint density at radius 2 is 1.70 bits per heavy atom. The molecule has 2 atom stereocenters. The Morgan fingerprint density at radius 1 is 1.09 bits per heavy atom. The van der Waals surface area contributed by atoms with Crippen molar-refractivity contribution in [1.82, 2.24) is 19.6 Å². The summed E-state index contributed by atoms with van der Waals surface area (Å²) < 4.78 is 52.0. The summed E-state index contributed by atoms with van der Waals surface area (Å²) >= 11 is 7.35. The van der Waals surface area contributed by atoms with Gasteiger partial charge in [0.15, 0.2) is 12.2 Å². The van der Waals surface area contributed by atoms with Gasteiger partial charge in [-0.3, -0.25) is 9.80 Å². The molecule has 0 unspecified atom stereocenters. The maximum absolute atomic E-state index is 15.2. The van der Waals surface area contributed by atoms with E-state index in [-0.39, 0.29) is 16.9 Å². The molecule has 6 rings (SSSR count). The number of fused-ring (bicyclic) bond motifs is 2. The number of hydrogen-bond acceptors (Lipinski definition) is 9. The first-order valence-corrected chi connectivity index (χ1v) is 16.1. The fourth-order valence-electron chi connectivity index (χ4n) is 6.26. The highest BCUT2D eigenvalue weighted by molar-refractivity contribution is 7.16. The van der Waals surface area contributed by atoms with Gasteiger partial charge in [0.25, 0.3) is 5.92 Å². The molecule has 16 heteroatoms. The third-order valence-corrected chi connectivity index (χ3v) is 10.6. The Labute approximate surface area is 277 Å². The molecule has 2 aliphatic heterocycles. The van der Waals surface area contributed by atoms with E-state index < -0.39 is 42.3 Å². The van der Waals surface area contributed by atoms with E-state index >= 15 is 4.39 Å². The third-order valence-electron chi connectivity index (χ3n) is 9.20. The number of alkyl halides is 2. The molecule has 1 spiro atoms. The van der Waals surface area contributed by atoms with E-state index in [1.165, 1.54) is 23.5 Å². The van der Waals surface area contributed by atoms with Gasteiger partial charge in [-0.2, -0.15) is 13.9 Å². The second-order valence-electron chi connectivity index (χ2n) is 12.4. The first-order chi connectivity index (χ1) is 22.0. The minimum atomic E-state index is -3.01. The minimum Gasteiger partial charge on any atom is -0.479 e. The topological polar surface area (TPSA) is 149 Å². The second-order valence-corrected chi connectivity index (χ2v) is 14.1. The van der Waals surface area contributed by atoms with E-state index in [1.807, 2.05) is 33.3 Å². The number of halogens is 4. The summed E-state index contributed by atoms with van der Waals surface area (Å²) in [5, 5.41) is 37.2. The van der Waals surface area contributed by atoms with Crippen LogP contribution in [-0.4, -0.2) is 97.9 Å². The number of rotatable bonds is 8. The smallest absolute Gasteiger partial charge is 0.335 e. The molecule has 3 aromatic rings. The number of carboxylic acids is 2. The van der Waals surface area contributed by atoms with Crippen LogP contribution in [0.2, 0.25) is 4.34 Å². The van der Waals surface area contributed by atoms with Crippen LogP contribution in [0.25, 0.3) is 5.69 Å². The molecule has 1 aromatic carbocycles. The van der Waals surface area contributed by atoms with Crippen molar-refractivity contribution in [2.24, 2.45) is 0 Å². The molecular weight excluding hydrogens is 665 g/mol. The van der Waals surface area contributed by atoms with Crippen LogP contribution in [0.5, 0.6) is 0 Å². The number of aliphatic hydroxyl groups excluding tert-OH is 2. The first-order valence-electron chi connectivity index (χ1n) is 14.9. The predicted molar refractivity (Wildman–Crippen MR) is 166 cm³/mol. The van der Waals surface area contributed by atoms with Crippen molar-refractivity contribution < 1.29 is 47.9 Å². The molecule has 256 valence electrons. The number of aliphatic carboxylic acids is 2. The fourth-order valence-corrected chi connectivity index (χ4v) is 7.74. The minimum absolute atomic E-state index is 0.0196. The summed E-state index contributed by atoms with van der Waals surface area (Å²) in [6, 6.07) is 6.66. The predicted octanol–water partition coefficient (Wildman–Crippen LogP) is 4.08. The zero-order valence-corrected chi connectivity index (χ0v) is 27.5. The second kappa shape index (κ2) is 13.1. The van der Waals surface area contributed by atoms with Gasteiger partial charge in [0.05, 0.1) is 10.0 Å². The fraction of sp³-hybridized carbons (Fsp3) is 0.516. The molecule has 1 aliphatic carbocycles. The van der Waals surface area contributed by atoms with E-state index in [1.54, 1.807) is 10.7 Å². The van der Waals surface area contributed by atoms with E-state index in [2.05, 4.69) is 9.80 Å². The van der Waals surface area contributed by atoms with Gasteiger partial charge < -0.3 is 25.2 Å². The van der Waals surface area contributed by atoms with Crippen LogP contribution in [-0.2, 0) is 37.9 Å². The largest absolute Gasteiger partial charge is 0.479 e. The van der Waals surface area contributed by atoms with Gasteiger partial charge in [-0.15, -0.1) is 11.3 Å². The molecule has 2 fully saturated rings. The molecule has 0 radical (unpaired) electrons. The molecular formula is C31H36ClF3N4O7S. The van der Waals surface area contributed by atoms with Crippen LogP contribution in [0.1, 0.15) is 52.9 Å². The highest BCUT2D eigenvalue weighted by atomic mass is 35.5. The quantitative estimate of drug-likeness (QED) is 0.271. The molecule has 11 nitrogen and oxygen atoms in total. The maximum atomic E-state index is 15.2. The Morgan fingerprint density at radius 3 is 2.26 bits per heavy atom. The number of carbonyl (C=O) groups is 2. The summed E-state index contributed by atoms with van der Waals surface area (Å²) in [4.78, 5) is 24.6. The number of aliphatic hydroxyl groups is 2. The van der Waals surface area contributed by atoms with Gasteiger partial charge in [0, 0.05) is 52.9 Å². The number of piperidine rings is 1. The number of aryl methyl sites for hydroxylation is 1. The number of ether oxygens (including phenoxy) is 1. The van der Waals surface area contributed by atoms with Gasteiger partial charge in [-0.25, -0.2) is 18.7 Å². The highest BCUT2D eigenvalue weighted by Gasteiger charge is 2.52. The van der Waals surface area contributed by atoms with Crippen molar-refractivity contribution in [3.8, 4) is 5.69 Å². The maximum Gasteiger partial charge on any atom is 0.335 e. The zero-order valence-electron chi connectivity index (χ0n) is 25.9. The van der Waals surface area contributed by atoms with Crippen LogP contribution < -0.4 is 0 Å². The van der Waals surface area contributed by atoms with E-state index in [4.69, 9.17) is 41.9 Å². The summed E-state index contributed by atoms with van der Waals surface area (Å²) in [6.07, 6.45) is 0.609. The summed E-state index contributed by atoms with van der Waals surface area (Å²) in [5.74, 6) is -6.83. The van der Waals surface area contributed by atoms with Crippen LogP contribution in [0.15, 0.2) is 30.5 Å². The van der Waals surface area contributed by atoms with Crippen LogP contribution >= 0.6 is 22.9 Å². The Bertz CT molecular complexity index is 1640. The monoisotopic (exact) mass is 700 g/mol. The Balaban J connectivity index is 0.000000378. The van der Waals surface area contributed by atoms with E-state index in [0.717, 1.165) is 29.7 Å². The number of thiophene rings is 1. The molecule has 47 heavy (non-hydrogen) atoms. The number of benzene rings is 1. The van der Waals surface area contributed by atoms with Gasteiger partial charge >= 0.3 is 11.9 Å². The number of nitrogens with zero attached hydrogens (tertiary/aromatic N) is 4. The molecule has 1 saturated carbocycles. The molecule has 2 aromatic heterocycles. The molecule has 1 saturated heterocycles. The van der Waals surface area contributed by atoms with Crippen molar-refractivity contribution in [3.63, 3.8) is 0 Å². The normalized spacial score (nSPS) is 20.6. The average molecular weight is 701 g/mol. The standard InChI is InChI=1S/C27H30ClF3N4OS.C4H6O6/c1-17-18(15-35(32-17)23-19(5-4-6-21(23)29)25(7-8-25)33(2)3)14-34-11-9-26(10-12-34)24-20(13-22(28)37-24)27(30,31)16-36-26;5-1(3(7)8)2(6)4(9)10/h4-6,13,15H,7-12,14,16H2,1-3H3;1-2,5-6H,(H,7,8)(H,9,10)/t;1-,2-/m.1/s1. The van der Waals surface area contributed by atoms with Crippen molar-refractivity contribution in [2.45, 2.75) is 68.4 Å². The van der Waals surface area contributed by atoms with E-state index in [9.17, 15) is 18.4 Å². The Hall–Kier alpha value is -3.05. The summed E-state index contributed by atoms with van der Waals surface area (Å²) in [7, 11) is 4.07. The third kappa shape index (κ3) is 6.80. The van der Waals surface area contributed by atoms with Crippen molar-refractivity contribution in [3.05, 3.63) is 67.9 Å². The van der Waals surface area contributed by atoms with Crippen LogP contribution in [0, 0.1) is 12.7 Å². The molecule has 0 amide bonds. The number of para-hydroxylation sites is 1. The lowest BCUT2D eigenvalue weighted by molar-refractivity contribution is -0.182. The zero-order chi connectivity index (χ0) is 34.5. The van der Waals surface area contributed by atoms with Gasteiger partial charge in [-0.1, -0.05) is 23.7 Å². The number of likely N-dealkylation sites (tertiary alicyclic amines) is 1. The van der Waals surface area contributed by atoms with Crippen molar-refractivity contribution in [1.29, 1.82) is 0 Å². The Kier molecular flexibility index (Phi) is 9.83. The average Bonchev–Trinajstić information content (AvgIpc) is 3.61. The molecule has 3 aliphatic rings. The molecule has 4 heterocycles. The lowest BCUT2D eigenvalue weighted by atomic mass is 9.84. The number of carboxylic acid groups (broad SMARTS) is 2. The van der Waals surface area contributed by atoms with Crippen LogP contribution in [0.3, 0.4) is 0 Å². The summed E-state index contributed by atoms with van der Waals surface area (Å²) in [5.41, 5.74) is 2.51. The highest BCUT2D eigenvalue weighted by Crippen LogP contribution is 2.53. The number of aromatic nitrogens is 2. The van der Waals surface area contributed by atoms with Crippen molar-refractivity contribution >= 4 is 34.9 Å². The molecule has 4 N–H and O–H groups in total. The lowest BCUT2D eigenvalue weighted by Gasteiger charge is -2.45. The van der Waals surface area contributed by atoms with Gasteiger partial charge in [0.1, 0.15) is 23.7 Å². The van der Waals surface area contributed by atoms with E-state index in [0.29, 0.717) is 47.4 Å². The number of hydrogen-bond donors (Lipinski definition) is 4. The SMILES string of the molecule is Cc1nn(-c2c(F)cccc2C2(N(C)C)CC2)cc1CN1CCC2(CC1)OCC(F)(F)c1cc(Cl)sc12.O=C(O)[C@H](O)[C@@H](O)C(=O)O. The van der Waals surface area contributed by atoms with Crippen molar-refractivity contribution in [2.75, 3.05) is 33.8 Å². The summed E-state index contributed by atoms with van der Waals surface area (Å²) in [6.45, 7) is 3.37. The van der Waals surface area contributed by atoms with Crippen LogP contribution in [0.4, 0.5) is 13.2 Å². The lowest BCUT2D eigenvalue weighted by Crippen LogP contribution is -2.48. The molecule has 0 bridgehead atoms. The van der Waals surface area contributed by atoms with Gasteiger partial charge in [0.2, 0.25) is 0 Å². The van der Waals surface area contributed by atoms with Gasteiger partial charge in [-0.05, 0) is 58.8 Å². The first kappa shape index (κ1) is 35.3.